The van der Waals surface area contributed by atoms with Gasteiger partial charge in [-0.15, -0.1) is 0 Å². The number of fused-ring (bicyclic) bond motifs is 1. The molecule has 25 heavy (non-hydrogen) atoms. The number of pyridine rings is 1. The summed E-state index contributed by atoms with van der Waals surface area (Å²) in [4.78, 5) is 39.5. The average Bonchev–Trinajstić information content (AvgIpc) is 2.60. The van der Waals surface area contributed by atoms with E-state index < -0.39 is 23.8 Å². The molecule has 2 amide bonds. The van der Waals surface area contributed by atoms with Crippen LogP contribution in [0, 0.1) is 0 Å². The Hall–Kier alpha value is -3.22. The molecule has 1 atom stereocenters. The van der Waals surface area contributed by atoms with E-state index in [0.29, 0.717) is 16.5 Å². The Bertz CT molecular complexity index is 812. The number of benzene rings is 1. The normalized spacial score (nSPS) is 12.0. The molecule has 0 unspecified atom stereocenters. The van der Waals surface area contributed by atoms with Crippen LogP contribution in [0.1, 0.15) is 23.7 Å². The van der Waals surface area contributed by atoms with Gasteiger partial charge < -0.3 is 15.8 Å². The SMILES string of the molecule is CCOC(=O)/C=C/C[C@@H](NC(=O)c1ccnc2ccccc12)C(N)=O. The molecule has 1 heterocycles. The van der Waals surface area contributed by atoms with Crippen LogP contribution >= 0.6 is 0 Å². The average molecular weight is 341 g/mol. The van der Waals surface area contributed by atoms with Gasteiger partial charge in [-0.3, -0.25) is 14.6 Å². The number of hydrogen-bond acceptors (Lipinski definition) is 5. The fourth-order valence-electron chi connectivity index (χ4n) is 2.27. The molecule has 2 aromatic rings. The molecule has 1 aromatic carbocycles. The number of carbonyl (C=O) groups excluding carboxylic acids is 3. The van der Waals surface area contributed by atoms with Crippen molar-refractivity contribution in [1.29, 1.82) is 0 Å². The number of amides is 2. The molecule has 7 nitrogen and oxygen atoms in total. The molecular weight excluding hydrogens is 322 g/mol. The van der Waals surface area contributed by atoms with Crippen LogP contribution in [0.25, 0.3) is 10.9 Å². The van der Waals surface area contributed by atoms with Crippen molar-refractivity contribution in [2.45, 2.75) is 19.4 Å². The number of aromatic nitrogens is 1. The number of carbonyl (C=O) groups is 3. The first-order valence-electron chi connectivity index (χ1n) is 7.80. The molecule has 0 aliphatic carbocycles. The van der Waals surface area contributed by atoms with E-state index in [-0.39, 0.29) is 13.0 Å². The first kappa shape index (κ1) is 18.1. The number of rotatable bonds is 7. The third-order valence-electron chi connectivity index (χ3n) is 3.45. The van der Waals surface area contributed by atoms with E-state index in [1.807, 2.05) is 6.07 Å². The first-order chi connectivity index (χ1) is 12.0. The number of nitrogens with one attached hydrogen (secondary N) is 1. The molecule has 3 N–H and O–H groups in total. The predicted octanol–water partition coefficient (Wildman–Crippen LogP) is 1.33. The van der Waals surface area contributed by atoms with Gasteiger partial charge in [0.2, 0.25) is 5.91 Å². The maximum atomic E-state index is 12.5. The highest BCUT2D eigenvalue weighted by molar-refractivity contribution is 6.07. The van der Waals surface area contributed by atoms with Gasteiger partial charge in [0.15, 0.2) is 0 Å². The van der Waals surface area contributed by atoms with Crippen LogP contribution in [0.15, 0.2) is 48.7 Å². The zero-order chi connectivity index (χ0) is 18.2. The number of esters is 1. The maximum Gasteiger partial charge on any atom is 0.330 e. The molecule has 0 aliphatic rings. The fraction of sp³-hybridized carbons (Fsp3) is 0.222. The zero-order valence-electron chi connectivity index (χ0n) is 13.8. The van der Waals surface area contributed by atoms with Crippen molar-refractivity contribution >= 4 is 28.7 Å². The van der Waals surface area contributed by atoms with Gasteiger partial charge in [-0.25, -0.2) is 4.79 Å². The number of nitrogens with two attached hydrogens (primary N) is 1. The molecule has 0 saturated heterocycles. The van der Waals surface area contributed by atoms with Crippen molar-refractivity contribution in [3.8, 4) is 0 Å². The van der Waals surface area contributed by atoms with Gasteiger partial charge in [0.1, 0.15) is 6.04 Å². The van der Waals surface area contributed by atoms with Crippen LogP contribution in [0.4, 0.5) is 0 Å². The summed E-state index contributed by atoms with van der Waals surface area (Å²) in [5.41, 5.74) is 6.40. The third-order valence-corrected chi connectivity index (χ3v) is 3.45. The van der Waals surface area contributed by atoms with E-state index in [1.165, 1.54) is 18.3 Å². The van der Waals surface area contributed by atoms with E-state index in [4.69, 9.17) is 10.5 Å². The van der Waals surface area contributed by atoms with Crippen molar-refractivity contribution in [3.05, 3.63) is 54.2 Å². The standard InChI is InChI=1S/C18H19N3O4/c1-2-25-16(22)9-5-8-15(17(19)23)21-18(24)13-10-11-20-14-7-4-3-6-12(13)14/h3-7,9-11,15H,2,8H2,1H3,(H2,19,23)(H,21,24)/b9-5+/t15-/m1/s1. The van der Waals surface area contributed by atoms with Crippen LogP contribution in [0.5, 0.6) is 0 Å². The number of nitrogens with zero attached hydrogens (tertiary/aromatic N) is 1. The monoisotopic (exact) mass is 341 g/mol. The van der Waals surface area contributed by atoms with Gasteiger partial charge in [0.05, 0.1) is 17.7 Å². The smallest absolute Gasteiger partial charge is 0.330 e. The Balaban J connectivity index is 2.12. The fourth-order valence-corrected chi connectivity index (χ4v) is 2.27. The largest absolute Gasteiger partial charge is 0.463 e. The van der Waals surface area contributed by atoms with Gasteiger partial charge in [-0.1, -0.05) is 24.3 Å². The lowest BCUT2D eigenvalue weighted by Gasteiger charge is -2.14. The Morgan fingerprint density at radius 1 is 1.28 bits per heavy atom. The summed E-state index contributed by atoms with van der Waals surface area (Å²) in [5, 5.41) is 3.26. The highest BCUT2D eigenvalue weighted by Gasteiger charge is 2.19. The van der Waals surface area contributed by atoms with Crippen LogP contribution in [0.2, 0.25) is 0 Å². The maximum absolute atomic E-state index is 12.5. The predicted molar refractivity (Wildman–Crippen MR) is 92.6 cm³/mol. The molecule has 0 fully saturated rings. The molecular formula is C18H19N3O4. The second-order valence-corrected chi connectivity index (χ2v) is 5.19. The minimum Gasteiger partial charge on any atom is -0.463 e. The Morgan fingerprint density at radius 3 is 2.76 bits per heavy atom. The molecule has 0 saturated carbocycles. The number of para-hydroxylation sites is 1. The molecule has 0 bridgehead atoms. The van der Waals surface area contributed by atoms with E-state index in [0.717, 1.165) is 0 Å². The second-order valence-electron chi connectivity index (χ2n) is 5.19. The van der Waals surface area contributed by atoms with Gasteiger partial charge in [-0.2, -0.15) is 0 Å². The van der Waals surface area contributed by atoms with E-state index in [9.17, 15) is 14.4 Å². The lowest BCUT2D eigenvalue weighted by atomic mass is 10.1. The molecule has 1 aromatic heterocycles. The van der Waals surface area contributed by atoms with E-state index >= 15 is 0 Å². The first-order valence-corrected chi connectivity index (χ1v) is 7.80. The summed E-state index contributed by atoms with van der Waals surface area (Å²) < 4.78 is 4.75. The second kappa shape index (κ2) is 8.58. The highest BCUT2D eigenvalue weighted by atomic mass is 16.5. The highest BCUT2D eigenvalue weighted by Crippen LogP contribution is 2.16. The van der Waals surface area contributed by atoms with Crippen molar-refractivity contribution < 1.29 is 19.1 Å². The van der Waals surface area contributed by atoms with Gasteiger partial charge in [-0.05, 0) is 25.5 Å². The Labute approximate surface area is 144 Å². The summed E-state index contributed by atoms with van der Waals surface area (Å²) in [6.45, 7) is 1.95. The Morgan fingerprint density at radius 2 is 2.04 bits per heavy atom. The minimum absolute atomic E-state index is 0.0862. The van der Waals surface area contributed by atoms with Crippen LogP contribution < -0.4 is 11.1 Å². The molecule has 0 spiro atoms. The number of hydrogen-bond donors (Lipinski definition) is 2. The van der Waals surface area contributed by atoms with E-state index in [2.05, 4.69) is 10.3 Å². The Kier molecular flexibility index (Phi) is 6.22. The summed E-state index contributed by atoms with van der Waals surface area (Å²) >= 11 is 0. The molecule has 7 heteroatoms. The van der Waals surface area contributed by atoms with Crippen LogP contribution in [0.3, 0.4) is 0 Å². The topological polar surface area (TPSA) is 111 Å². The van der Waals surface area contributed by atoms with Crippen LogP contribution in [-0.2, 0) is 14.3 Å². The summed E-state index contributed by atoms with van der Waals surface area (Å²) in [5.74, 6) is -1.65. The summed E-state index contributed by atoms with van der Waals surface area (Å²) in [6, 6.07) is 7.82. The molecule has 2 rings (SSSR count). The van der Waals surface area contributed by atoms with Crippen LogP contribution in [-0.4, -0.2) is 35.4 Å². The summed E-state index contributed by atoms with van der Waals surface area (Å²) in [6.07, 6.45) is 4.26. The molecule has 0 radical (unpaired) electrons. The quantitative estimate of drug-likeness (QED) is 0.583. The van der Waals surface area contributed by atoms with E-state index in [1.54, 1.807) is 31.2 Å². The summed E-state index contributed by atoms with van der Waals surface area (Å²) in [7, 11) is 0. The minimum atomic E-state index is -0.940. The van der Waals surface area contributed by atoms with Crippen molar-refractivity contribution in [2.24, 2.45) is 5.73 Å². The zero-order valence-corrected chi connectivity index (χ0v) is 13.8. The molecule has 0 aliphatic heterocycles. The van der Waals surface area contributed by atoms with Crippen molar-refractivity contribution in [2.75, 3.05) is 6.61 Å². The van der Waals surface area contributed by atoms with Gasteiger partial charge in [0, 0.05) is 17.7 Å². The lowest BCUT2D eigenvalue weighted by molar-refractivity contribution is -0.137. The van der Waals surface area contributed by atoms with Gasteiger partial charge in [0.25, 0.3) is 5.91 Å². The molecule has 130 valence electrons. The number of ether oxygens (including phenoxy) is 1. The van der Waals surface area contributed by atoms with Crippen molar-refractivity contribution in [3.63, 3.8) is 0 Å². The lowest BCUT2D eigenvalue weighted by Crippen LogP contribution is -2.44. The number of primary amides is 1. The van der Waals surface area contributed by atoms with Gasteiger partial charge >= 0.3 is 5.97 Å². The third kappa shape index (κ3) is 4.87. The van der Waals surface area contributed by atoms with Crippen molar-refractivity contribution in [1.82, 2.24) is 10.3 Å².